The highest BCUT2D eigenvalue weighted by molar-refractivity contribution is 5.18. The van der Waals surface area contributed by atoms with Crippen LogP contribution in [0.15, 0.2) is 48.6 Å². The molecule has 0 aromatic rings. The van der Waals surface area contributed by atoms with E-state index in [1.54, 1.807) is 0 Å². The van der Waals surface area contributed by atoms with Gasteiger partial charge in [0.2, 0.25) is 0 Å². The third-order valence-corrected chi connectivity index (χ3v) is 6.33. The summed E-state index contributed by atoms with van der Waals surface area (Å²) in [6, 6.07) is 0. The van der Waals surface area contributed by atoms with Crippen LogP contribution in [0.4, 0.5) is 0 Å². The Morgan fingerprint density at radius 1 is 0.550 bits per heavy atom. The van der Waals surface area contributed by atoms with Crippen LogP contribution in [-0.4, -0.2) is 0 Å². The van der Waals surface area contributed by atoms with Gasteiger partial charge in [-0.05, 0) is 74.0 Å². The number of rotatable bonds is 3. The predicted molar refractivity (Wildman–Crippen MR) is 85.2 cm³/mol. The molecule has 106 valence electrons. The van der Waals surface area contributed by atoms with Gasteiger partial charge in [0.1, 0.15) is 0 Å². The van der Waals surface area contributed by atoms with Gasteiger partial charge in [-0.1, -0.05) is 48.6 Å². The third kappa shape index (κ3) is 2.24. The Balaban J connectivity index is 1.35. The maximum atomic E-state index is 2.49. The molecule has 0 aliphatic heterocycles. The van der Waals surface area contributed by atoms with E-state index < -0.39 is 0 Å². The molecular formula is C20H26. The van der Waals surface area contributed by atoms with Gasteiger partial charge in [0.15, 0.2) is 0 Å². The molecule has 2 fully saturated rings. The second kappa shape index (κ2) is 5.39. The van der Waals surface area contributed by atoms with Crippen molar-refractivity contribution in [3.8, 4) is 0 Å². The Morgan fingerprint density at radius 2 is 1.00 bits per heavy atom. The van der Waals surface area contributed by atoms with Crippen LogP contribution in [0.1, 0.15) is 38.5 Å². The smallest absolute Gasteiger partial charge is 0.0139 e. The molecule has 4 aliphatic carbocycles. The highest BCUT2D eigenvalue weighted by Crippen LogP contribution is 2.47. The summed E-state index contributed by atoms with van der Waals surface area (Å²) >= 11 is 0. The van der Waals surface area contributed by atoms with Crippen molar-refractivity contribution in [3.05, 3.63) is 48.6 Å². The van der Waals surface area contributed by atoms with Crippen molar-refractivity contribution in [2.75, 3.05) is 0 Å². The van der Waals surface area contributed by atoms with Crippen molar-refractivity contribution >= 4 is 0 Å². The van der Waals surface area contributed by atoms with Crippen LogP contribution in [0.3, 0.4) is 0 Å². The molecular weight excluding hydrogens is 240 g/mol. The van der Waals surface area contributed by atoms with Gasteiger partial charge in [0.25, 0.3) is 0 Å². The molecule has 0 N–H and O–H groups in total. The van der Waals surface area contributed by atoms with E-state index in [1.807, 2.05) is 0 Å². The van der Waals surface area contributed by atoms with E-state index in [9.17, 15) is 0 Å². The van der Waals surface area contributed by atoms with Crippen molar-refractivity contribution in [1.82, 2.24) is 0 Å². The fourth-order valence-electron chi connectivity index (χ4n) is 5.23. The lowest BCUT2D eigenvalue weighted by Gasteiger charge is -2.26. The second-order valence-electron chi connectivity index (χ2n) is 7.27. The third-order valence-electron chi connectivity index (χ3n) is 6.33. The molecule has 0 heterocycles. The largest absolute Gasteiger partial charge is 0.0808 e. The van der Waals surface area contributed by atoms with E-state index in [-0.39, 0.29) is 0 Å². The summed E-state index contributed by atoms with van der Waals surface area (Å²) in [6.07, 6.45) is 27.6. The summed E-state index contributed by atoms with van der Waals surface area (Å²) in [5, 5.41) is 0. The van der Waals surface area contributed by atoms with Gasteiger partial charge >= 0.3 is 0 Å². The zero-order valence-electron chi connectivity index (χ0n) is 12.3. The van der Waals surface area contributed by atoms with E-state index >= 15 is 0 Å². The Kier molecular flexibility index (Phi) is 3.42. The molecule has 0 heteroatoms. The number of hydrogen-bond acceptors (Lipinski definition) is 0. The standard InChI is InChI=1S/C20H26/c1-3-7-19-15(5-1)9-11-17(19)13-14-18-12-10-16-6-2-4-8-20(16)18/h1-8,15-20H,9-14H2/t15-,16+,17-,18+,19-,20-/m0/s1. The fraction of sp³-hybridized carbons (Fsp3) is 0.600. The SMILES string of the molecule is C1=C[C@@H]2[C@@H](CC[C@@H]3CC[C@@H]4C=CC=C[C@H]34)CC[C@H]2C=C1. The van der Waals surface area contributed by atoms with Crippen LogP contribution in [0.25, 0.3) is 0 Å². The lowest BCUT2D eigenvalue weighted by molar-refractivity contribution is 0.316. The average molecular weight is 266 g/mol. The zero-order valence-corrected chi connectivity index (χ0v) is 12.3. The molecule has 6 atom stereocenters. The molecule has 0 saturated heterocycles. The van der Waals surface area contributed by atoms with Gasteiger partial charge in [-0.15, -0.1) is 0 Å². The molecule has 4 aliphatic rings. The minimum absolute atomic E-state index is 0.860. The van der Waals surface area contributed by atoms with Crippen molar-refractivity contribution < 1.29 is 0 Å². The van der Waals surface area contributed by atoms with E-state index in [0.29, 0.717) is 0 Å². The quantitative estimate of drug-likeness (QED) is 0.650. The molecule has 0 aromatic carbocycles. The average Bonchev–Trinajstić information content (AvgIpc) is 3.09. The summed E-state index contributed by atoms with van der Waals surface area (Å²) < 4.78 is 0. The molecule has 4 rings (SSSR count). The van der Waals surface area contributed by atoms with Gasteiger partial charge in [0, 0.05) is 0 Å². The monoisotopic (exact) mass is 266 g/mol. The Bertz CT molecular complexity index is 420. The molecule has 2 saturated carbocycles. The molecule has 0 nitrogen and oxygen atoms in total. The maximum absolute atomic E-state index is 2.49. The molecule has 0 bridgehead atoms. The summed E-state index contributed by atoms with van der Waals surface area (Å²) in [4.78, 5) is 0. The normalized spacial score (nSPS) is 44.8. The first-order chi connectivity index (χ1) is 9.92. The molecule has 0 spiro atoms. The topological polar surface area (TPSA) is 0 Å². The molecule has 0 unspecified atom stereocenters. The number of fused-ring (bicyclic) bond motifs is 2. The van der Waals surface area contributed by atoms with Gasteiger partial charge in [-0.25, -0.2) is 0 Å². The summed E-state index contributed by atoms with van der Waals surface area (Å²) in [7, 11) is 0. The van der Waals surface area contributed by atoms with Crippen LogP contribution in [0.5, 0.6) is 0 Å². The Morgan fingerprint density at radius 3 is 1.50 bits per heavy atom. The van der Waals surface area contributed by atoms with Crippen LogP contribution in [0.2, 0.25) is 0 Å². The van der Waals surface area contributed by atoms with E-state index in [2.05, 4.69) is 48.6 Å². The molecule has 0 aromatic heterocycles. The predicted octanol–water partition coefficient (Wildman–Crippen LogP) is 5.30. The first-order valence-electron chi connectivity index (χ1n) is 8.62. The Hall–Kier alpha value is -1.04. The van der Waals surface area contributed by atoms with Crippen LogP contribution >= 0.6 is 0 Å². The van der Waals surface area contributed by atoms with Crippen molar-refractivity contribution in [1.29, 1.82) is 0 Å². The Labute approximate surface area is 123 Å². The number of hydrogen-bond donors (Lipinski definition) is 0. The lowest BCUT2D eigenvalue weighted by atomic mass is 9.79. The van der Waals surface area contributed by atoms with Crippen molar-refractivity contribution in [2.45, 2.75) is 38.5 Å². The van der Waals surface area contributed by atoms with Crippen LogP contribution < -0.4 is 0 Å². The van der Waals surface area contributed by atoms with Gasteiger partial charge < -0.3 is 0 Å². The van der Waals surface area contributed by atoms with Crippen molar-refractivity contribution in [3.63, 3.8) is 0 Å². The van der Waals surface area contributed by atoms with E-state index in [1.165, 1.54) is 38.5 Å². The van der Waals surface area contributed by atoms with E-state index in [4.69, 9.17) is 0 Å². The molecule has 20 heavy (non-hydrogen) atoms. The highest BCUT2D eigenvalue weighted by Gasteiger charge is 2.37. The zero-order chi connectivity index (χ0) is 13.4. The minimum Gasteiger partial charge on any atom is -0.0808 e. The number of allylic oxidation sites excluding steroid dienone is 8. The summed E-state index contributed by atoms with van der Waals surface area (Å²) in [5.41, 5.74) is 0. The van der Waals surface area contributed by atoms with Gasteiger partial charge in [0.05, 0.1) is 0 Å². The fourth-order valence-corrected chi connectivity index (χ4v) is 5.23. The second-order valence-corrected chi connectivity index (χ2v) is 7.27. The van der Waals surface area contributed by atoms with Crippen LogP contribution in [0, 0.1) is 35.5 Å². The van der Waals surface area contributed by atoms with Crippen molar-refractivity contribution in [2.24, 2.45) is 35.5 Å². The first-order valence-corrected chi connectivity index (χ1v) is 8.62. The first kappa shape index (κ1) is 12.7. The molecule has 0 radical (unpaired) electrons. The molecule has 0 amide bonds. The lowest BCUT2D eigenvalue weighted by Crippen LogP contribution is -2.17. The van der Waals surface area contributed by atoms with Gasteiger partial charge in [-0.2, -0.15) is 0 Å². The minimum atomic E-state index is 0.860. The summed E-state index contributed by atoms with van der Waals surface area (Å²) in [6.45, 7) is 0. The highest BCUT2D eigenvalue weighted by atomic mass is 14.4. The van der Waals surface area contributed by atoms with Gasteiger partial charge in [-0.3, -0.25) is 0 Å². The maximum Gasteiger partial charge on any atom is -0.0139 e. The summed E-state index contributed by atoms with van der Waals surface area (Å²) in [5.74, 6) is 5.36. The van der Waals surface area contributed by atoms with Crippen LogP contribution in [-0.2, 0) is 0 Å². The van der Waals surface area contributed by atoms with E-state index in [0.717, 1.165) is 35.5 Å².